The van der Waals surface area contributed by atoms with Gasteiger partial charge in [-0.25, -0.2) is 4.68 Å². The standard InChI is InChI=1S/C14H15ClF3N5O2/c1-25-7-22-5-9(4-19-22)20-10(24)6-23-12(8-2-3-8)11(15)13(21-23)14(16,17)18/h4-5,8H,2-3,6-7H2,1H3,(H,20,24). The van der Waals surface area contributed by atoms with E-state index < -0.39 is 22.8 Å². The zero-order valence-electron chi connectivity index (χ0n) is 13.2. The maximum Gasteiger partial charge on any atom is 0.436 e. The normalized spacial score (nSPS) is 14.8. The Bertz CT molecular complexity index is 782. The van der Waals surface area contributed by atoms with Crippen molar-refractivity contribution >= 4 is 23.2 Å². The predicted molar refractivity (Wildman–Crippen MR) is 82.1 cm³/mol. The number of hydrogen-bond donors (Lipinski definition) is 1. The summed E-state index contributed by atoms with van der Waals surface area (Å²) in [4.78, 5) is 12.1. The van der Waals surface area contributed by atoms with Gasteiger partial charge in [0, 0.05) is 13.0 Å². The van der Waals surface area contributed by atoms with Gasteiger partial charge in [0.1, 0.15) is 13.3 Å². The molecule has 7 nitrogen and oxygen atoms in total. The first-order chi connectivity index (χ1) is 11.8. The van der Waals surface area contributed by atoms with Crippen LogP contribution in [-0.2, 0) is 29.0 Å². The second-order valence-corrected chi connectivity index (χ2v) is 6.09. The molecule has 0 aromatic carbocycles. The van der Waals surface area contributed by atoms with Crippen molar-refractivity contribution < 1.29 is 22.7 Å². The largest absolute Gasteiger partial charge is 0.436 e. The van der Waals surface area contributed by atoms with Gasteiger partial charge in [0.15, 0.2) is 5.69 Å². The minimum Gasteiger partial charge on any atom is -0.362 e. The Kier molecular flexibility index (Phi) is 4.74. The fraction of sp³-hybridized carbons (Fsp3) is 0.500. The monoisotopic (exact) mass is 377 g/mol. The van der Waals surface area contributed by atoms with Crippen LogP contribution in [0.4, 0.5) is 18.9 Å². The number of alkyl halides is 3. The zero-order valence-corrected chi connectivity index (χ0v) is 13.9. The van der Waals surface area contributed by atoms with Crippen molar-refractivity contribution in [2.24, 2.45) is 0 Å². The lowest BCUT2D eigenvalue weighted by Crippen LogP contribution is -2.21. The number of carbonyl (C=O) groups is 1. The van der Waals surface area contributed by atoms with Gasteiger partial charge >= 0.3 is 6.18 Å². The van der Waals surface area contributed by atoms with Gasteiger partial charge in [0.2, 0.25) is 5.91 Å². The molecule has 0 bridgehead atoms. The molecule has 0 saturated heterocycles. The van der Waals surface area contributed by atoms with Crippen LogP contribution in [0.25, 0.3) is 0 Å². The number of amides is 1. The van der Waals surface area contributed by atoms with Gasteiger partial charge in [-0.1, -0.05) is 11.6 Å². The SMILES string of the molecule is COCn1cc(NC(=O)Cn2nc(C(F)(F)F)c(Cl)c2C2CC2)cn1. The first kappa shape index (κ1) is 17.7. The maximum absolute atomic E-state index is 13.0. The van der Waals surface area contributed by atoms with E-state index in [4.69, 9.17) is 16.3 Å². The van der Waals surface area contributed by atoms with Crippen LogP contribution in [0.2, 0.25) is 5.02 Å². The molecule has 136 valence electrons. The van der Waals surface area contributed by atoms with Crippen LogP contribution in [0.5, 0.6) is 0 Å². The first-order valence-corrected chi connectivity index (χ1v) is 7.82. The Morgan fingerprint density at radius 2 is 2.20 bits per heavy atom. The number of ether oxygens (including phenoxy) is 1. The molecule has 0 spiro atoms. The van der Waals surface area contributed by atoms with Crippen LogP contribution in [0, 0.1) is 0 Å². The number of nitrogens with one attached hydrogen (secondary N) is 1. The van der Waals surface area contributed by atoms with Crippen molar-refractivity contribution in [2.75, 3.05) is 12.4 Å². The fourth-order valence-electron chi connectivity index (χ4n) is 2.47. The van der Waals surface area contributed by atoms with E-state index in [1.807, 2.05) is 0 Å². The summed E-state index contributed by atoms with van der Waals surface area (Å²) >= 11 is 5.87. The van der Waals surface area contributed by atoms with Crippen LogP contribution in [-0.4, -0.2) is 32.6 Å². The van der Waals surface area contributed by atoms with Crippen LogP contribution in [0.15, 0.2) is 12.4 Å². The molecule has 1 amide bonds. The third-order valence-electron chi connectivity index (χ3n) is 3.64. The van der Waals surface area contributed by atoms with Crippen molar-refractivity contribution in [3.8, 4) is 0 Å². The van der Waals surface area contributed by atoms with E-state index >= 15 is 0 Å². The lowest BCUT2D eigenvalue weighted by atomic mass is 10.2. The van der Waals surface area contributed by atoms with Crippen LogP contribution >= 0.6 is 11.6 Å². The van der Waals surface area contributed by atoms with Crippen LogP contribution in [0.3, 0.4) is 0 Å². The van der Waals surface area contributed by atoms with E-state index in [9.17, 15) is 18.0 Å². The molecule has 0 unspecified atom stereocenters. The molecule has 11 heteroatoms. The molecule has 2 heterocycles. The van der Waals surface area contributed by atoms with E-state index in [2.05, 4.69) is 15.5 Å². The highest BCUT2D eigenvalue weighted by Gasteiger charge is 2.42. The minimum absolute atomic E-state index is 0.0895. The summed E-state index contributed by atoms with van der Waals surface area (Å²) in [6, 6.07) is 0. The highest BCUT2D eigenvalue weighted by Crippen LogP contribution is 2.46. The Balaban J connectivity index is 1.76. The molecular weight excluding hydrogens is 363 g/mol. The molecule has 0 radical (unpaired) electrons. The average molecular weight is 378 g/mol. The number of aromatic nitrogens is 4. The molecule has 2 aromatic heterocycles. The molecular formula is C14H15ClF3N5O2. The first-order valence-electron chi connectivity index (χ1n) is 7.44. The lowest BCUT2D eigenvalue weighted by Gasteiger charge is -2.07. The van der Waals surface area contributed by atoms with E-state index in [1.165, 1.54) is 18.0 Å². The highest BCUT2D eigenvalue weighted by molar-refractivity contribution is 6.32. The van der Waals surface area contributed by atoms with Crippen LogP contribution < -0.4 is 5.32 Å². The third-order valence-corrected chi connectivity index (χ3v) is 4.01. The van der Waals surface area contributed by atoms with E-state index in [0.717, 1.165) is 17.5 Å². The topological polar surface area (TPSA) is 74.0 Å². The van der Waals surface area contributed by atoms with Crippen molar-refractivity contribution in [3.05, 3.63) is 28.8 Å². The van der Waals surface area contributed by atoms with E-state index in [1.54, 1.807) is 6.20 Å². The van der Waals surface area contributed by atoms with E-state index in [0.29, 0.717) is 5.69 Å². The van der Waals surface area contributed by atoms with Crippen LogP contribution in [0.1, 0.15) is 30.1 Å². The summed E-state index contributed by atoms with van der Waals surface area (Å²) in [6.07, 6.45) is -0.248. The molecule has 1 N–H and O–H groups in total. The second kappa shape index (κ2) is 6.68. The Hall–Kier alpha value is -2.07. The molecule has 1 aliphatic rings. The zero-order chi connectivity index (χ0) is 18.2. The Labute approximate surface area is 145 Å². The molecule has 0 aliphatic heterocycles. The molecule has 2 aromatic rings. The molecule has 3 rings (SSSR count). The summed E-state index contributed by atoms with van der Waals surface area (Å²) < 4.78 is 46.4. The van der Waals surface area contributed by atoms with Crippen molar-refractivity contribution in [1.29, 1.82) is 0 Å². The van der Waals surface area contributed by atoms with Crippen molar-refractivity contribution in [3.63, 3.8) is 0 Å². The van der Waals surface area contributed by atoms with Gasteiger partial charge in [0.25, 0.3) is 0 Å². The number of carbonyl (C=O) groups excluding carboxylic acids is 1. The number of rotatable bonds is 6. The van der Waals surface area contributed by atoms with Gasteiger partial charge in [-0.2, -0.15) is 23.4 Å². The summed E-state index contributed by atoms with van der Waals surface area (Å²) in [7, 11) is 1.50. The number of methoxy groups -OCH3 is 1. The molecule has 0 atom stereocenters. The predicted octanol–water partition coefficient (Wildman–Crippen LogP) is 2.87. The van der Waals surface area contributed by atoms with Crippen molar-refractivity contribution in [1.82, 2.24) is 19.6 Å². The average Bonchev–Trinajstić information content (AvgIpc) is 3.15. The molecule has 1 aliphatic carbocycles. The number of nitrogens with zero attached hydrogens (tertiary/aromatic N) is 4. The van der Waals surface area contributed by atoms with Gasteiger partial charge < -0.3 is 10.1 Å². The summed E-state index contributed by atoms with van der Waals surface area (Å²) in [5.74, 6) is -0.611. The summed E-state index contributed by atoms with van der Waals surface area (Å²) in [5.41, 5.74) is -0.486. The highest BCUT2D eigenvalue weighted by atomic mass is 35.5. The molecule has 1 saturated carbocycles. The third kappa shape index (κ3) is 3.96. The number of anilines is 1. The number of halogens is 4. The van der Waals surface area contributed by atoms with Gasteiger partial charge in [-0.05, 0) is 12.8 Å². The fourth-order valence-corrected chi connectivity index (χ4v) is 2.87. The lowest BCUT2D eigenvalue weighted by molar-refractivity contribution is -0.141. The molecule has 1 fully saturated rings. The molecule has 25 heavy (non-hydrogen) atoms. The summed E-state index contributed by atoms with van der Waals surface area (Å²) in [5, 5.41) is 9.61. The Morgan fingerprint density at radius 1 is 1.48 bits per heavy atom. The maximum atomic E-state index is 13.0. The van der Waals surface area contributed by atoms with Gasteiger partial charge in [-0.3, -0.25) is 9.48 Å². The van der Waals surface area contributed by atoms with Gasteiger partial charge in [-0.15, -0.1) is 0 Å². The Morgan fingerprint density at radius 3 is 2.80 bits per heavy atom. The summed E-state index contributed by atoms with van der Waals surface area (Å²) in [6.45, 7) is -0.150. The quantitative estimate of drug-likeness (QED) is 0.840. The smallest absolute Gasteiger partial charge is 0.362 e. The van der Waals surface area contributed by atoms with E-state index in [-0.39, 0.29) is 24.9 Å². The second-order valence-electron chi connectivity index (χ2n) is 5.71. The van der Waals surface area contributed by atoms with Crippen molar-refractivity contribution in [2.45, 2.75) is 38.2 Å². The number of hydrogen-bond acceptors (Lipinski definition) is 4. The van der Waals surface area contributed by atoms with Gasteiger partial charge in [0.05, 0.1) is 28.8 Å². The minimum atomic E-state index is -4.66.